The van der Waals surface area contributed by atoms with Crippen molar-refractivity contribution in [2.45, 2.75) is 18.6 Å². The lowest BCUT2D eigenvalue weighted by molar-refractivity contribution is -0.119. The maximum absolute atomic E-state index is 14.7. The molecule has 0 saturated heterocycles. The lowest BCUT2D eigenvalue weighted by Crippen LogP contribution is -2.53. The zero-order chi connectivity index (χ0) is 24.3. The van der Waals surface area contributed by atoms with E-state index in [2.05, 4.69) is 21.7 Å². The molecule has 7 nitrogen and oxygen atoms in total. The van der Waals surface area contributed by atoms with Gasteiger partial charge in [-0.15, -0.1) is 0 Å². The number of benzene rings is 3. The van der Waals surface area contributed by atoms with Crippen molar-refractivity contribution in [3.8, 4) is 6.07 Å². The predicted molar refractivity (Wildman–Crippen MR) is 127 cm³/mol. The van der Waals surface area contributed by atoms with E-state index in [0.29, 0.717) is 16.8 Å². The van der Waals surface area contributed by atoms with Crippen LogP contribution >= 0.6 is 0 Å². The first-order valence-corrected chi connectivity index (χ1v) is 10.6. The van der Waals surface area contributed by atoms with Gasteiger partial charge in [0.2, 0.25) is 6.17 Å². The van der Waals surface area contributed by atoms with Crippen molar-refractivity contribution >= 4 is 23.3 Å². The number of rotatable bonds is 4. The molecule has 1 aliphatic heterocycles. The van der Waals surface area contributed by atoms with Crippen molar-refractivity contribution in [1.82, 2.24) is 10.6 Å². The molecule has 2 N–H and O–H groups in total. The number of halogens is 1. The van der Waals surface area contributed by atoms with Crippen LogP contribution in [-0.2, 0) is 10.3 Å². The van der Waals surface area contributed by atoms with E-state index in [1.165, 1.54) is 11.0 Å². The Hall–Kier alpha value is -4.51. The Labute approximate surface area is 196 Å². The lowest BCUT2D eigenvalue weighted by atomic mass is 9.94. The standard InChI is InChI=1S/C26H22FN5O2/c1-26(16-28,17-10-4-3-5-11-17)31-25(34)30-23-24(33)32(2)21-15-9-7-13-19(21)22(29-23)18-12-6-8-14-20(18)27/h3-15,23H,1-2H3,(H2,30,31,34). The summed E-state index contributed by atoms with van der Waals surface area (Å²) >= 11 is 0. The third-order valence-corrected chi connectivity index (χ3v) is 5.68. The second-order valence-corrected chi connectivity index (χ2v) is 7.98. The first kappa shape index (κ1) is 22.7. The van der Waals surface area contributed by atoms with Crippen LogP contribution in [0.3, 0.4) is 0 Å². The molecule has 2 unspecified atom stereocenters. The highest BCUT2D eigenvalue weighted by Gasteiger charge is 2.34. The number of carbonyl (C=O) groups excluding carboxylic acids is 2. The predicted octanol–water partition coefficient (Wildman–Crippen LogP) is 3.70. The molecule has 3 amide bonds. The zero-order valence-electron chi connectivity index (χ0n) is 18.6. The maximum Gasteiger partial charge on any atom is 0.318 e. The molecule has 1 aliphatic rings. The molecule has 4 rings (SSSR count). The summed E-state index contributed by atoms with van der Waals surface area (Å²) in [6, 6.07) is 23.2. The molecule has 8 heteroatoms. The number of fused-ring (bicyclic) bond motifs is 1. The third-order valence-electron chi connectivity index (χ3n) is 5.68. The van der Waals surface area contributed by atoms with E-state index in [4.69, 9.17) is 0 Å². The van der Waals surface area contributed by atoms with Crippen LogP contribution in [0.15, 0.2) is 83.9 Å². The summed E-state index contributed by atoms with van der Waals surface area (Å²) in [5.74, 6) is -1.01. The number of urea groups is 1. The van der Waals surface area contributed by atoms with Crippen LogP contribution in [0, 0.1) is 17.1 Å². The van der Waals surface area contributed by atoms with Crippen LogP contribution in [0.1, 0.15) is 23.6 Å². The second-order valence-electron chi connectivity index (χ2n) is 7.98. The molecule has 34 heavy (non-hydrogen) atoms. The van der Waals surface area contributed by atoms with E-state index in [0.717, 1.165) is 0 Å². The summed E-state index contributed by atoms with van der Waals surface area (Å²) < 4.78 is 14.7. The van der Waals surface area contributed by atoms with Gasteiger partial charge in [0.25, 0.3) is 5.91 Å². The molecular weight excluding hydrogens is 433 g/mol. The van der Waals surface area contributed by atoms with E-state index >= 15 is 0 Å². The Morgan fingerprint density at radius 1 is 1.03 bits per heavy atom. The quantitative estimate of drug-likeness (QED) is 0.628. The van der Waals surface area contributed by atoms with Gasteiger partial charge in [0.1, 0.15) is 5.82 Å². The van der Waals surface area contributed by atoms with E-state index in [9.17, 15) is 19.2 Å². The van der Waals surface area contributed by atoms with Gasteiger partial charge in [-0.1, -0.05) is 60.7 Å². The minimum atomic E-state index is -1.34. The number of nitrogens with one attached hydrogen (secondary N) is 2. The molecule has 0 aliphatic carbocycles. The molecule has 0 bridgehead atoms. The Morgan fingerprint density at radius 3 is 2.32 bits per heavy atom. The summed E-state index contributed by atoms with van der Waals surface area (Å²) in [6.45, 7) is 1.56. The topological polar surface area (TPSA) is 97.6 Å². The van der Waals surface area contributed by atoms with Gasteiger partial charge >= 0.3 is 6.03 Å². The molecule has 0 aromatic heterocycles. The molecule has 3 aromatic rings. The fraction of sp³-hybridized carbons (Fsp3) is 0.154. The average molecular weight is 455 g/mol. The van der Waals surface area contributed by atoms with E-state index in [1.54, 1.807) is 86.8 Å². The minimum Gasteiger partial charge on any atom is -0.316 e. The van der Waals surface area contributed by atoms with E-state index in [1.807, 2.05) is 0 Å². The van der Waals surface area contributed by atoms with E-state index < -0.39 is 29.5 Å². The number of hydrogen-bond acceptors (Lipinski definition) is 4. The molecule has 0 spiro atoms. The summed E-state index contributed by atoms with van der Waals surface area (Å²) in [5.41, 5.74) is 0.773. The maximum atomic E-state index is 14.7. The molecule has 1 heterocycles. The van der Waals surface area contributed by atoms with E-state index in [-0.39, 0.29) is 11.3 Å². The molecule has 0 radical (unpaired) electrons. The highest BCUT2D eigenvalue weighted by Crippen LogP contribution is 2.28. The number of benzodiazepines with no additional fused rings is 1. The Kier molecular flexibility index (Phi) is 6.11. The van der Waals surface area contributed by atoms with Crippen LogP contribution in [0.5, 0.6) is 0 Å². The van der Waals surface area contributed by atoms with Gasteiger partial charge in [-0.25, -0.2) is 14.2 Å². The van der Waals surface area contributed by atoms with Gasteiger partial charge in [-0.3, -0.25) is 4.79 Å². The monoisotopic (exact) mass is 455 g/mol. The Bertz CT molecular complexity index is 1320. The first-order chi connectivity index (χ1) is 16.3. The SMILES string of the molecule is CN1C(=O)C(NC(=O)NC(C)(C#N)c2ccccc2)N=C(c2ccccc2F)c2ccccc21. The summed E-state index contributed by atoms with van der Waals surface area (Å²) in [6.07, 6.45) is -1.34. The van der Waals surface area contributed by atoms with Gasteiger partial charge in [0, 0.05) is 18.2 Å². The molecule has 0 fully saturated rings. The number of carbonyl (C=O) groups is 2. The Balaban J connectivity index is 1.71. The number of anilines is 1. The Morgan fingerprint density at radius 2 is 1.65 bits per heavy atom. The largest absolute Gasteiger partial charge is 0.318 e. The number of nitriles is 1. The lowest BCUT2D eigenvalue weighted by Gasteiger charge is -2.26. The van der Waals surface area contributed by atoms with Crippen LogP contribution in [0.25, 0.3) is 0 Å². The van der Waals surface area contributed by atoms with Gasteiger partial charge in [-0.05, 0) is 30.7 Å². The van der Waals surface area contributed by atoms with Gasteiger partial charge in [-0.2, -0.15) is 5.26 Å². The first-order valence-electron chi connectivity index (χ1n) is 10.6. The zero-order valence-corrected chi connectivity index (χ0v) is 18.6. The van der Waals surface area contributed by atoms with Crippen molar-refractivity contribution in [3.05, 3.63) is 101 Å². The van der Waals surface area contributed by atoms with Crippen LogP contribution in [0.4, 0.5) is 14.9 Å². The van der Waals surface area contributed by atoms with Crippen molar-refractivity contribution in [2.75, 3.05) is 11.9 Å². The summed E-state index contributed by atoms with van der Waals surface area (Å²) in [4.78, 5) is 32.0. The smallest absolute Gasteiger partial charge is 0.316 e. The van der Waals surface area contributed by atoms with Gasteiger partial charge in [0.05, 0.1) is 17.5 Å². The third kappa shape index (κ3) is 4.24. The second kappa shape index (κ2) is 9.16. The van der Waals surface area contributed by atoms with Crippen LogP contribution in [0.2, 0.25) is 0 Å². The van der Waals surface area contributed by atoms with Crippen molar-refractivity contribution in [2.24, 2.45) is 4.99 Å². The molecule has 2 atom stereocenters. The number of likely N-dealkylation sites (N-methyl/N-ethyl adjacent to an activating group) is 1. The molecule has 3 aromatic carbocycles. The number of hydrogen-bond donors (Lipinski definition) is 2. The van der Waals surface area contributed by atoms with Crippen LogP contribution < -0.4 is 15.5 Å². The summed E-state index contributed by atoms with van der Waals surface area (Å²) in [5, 5.41) is 14.9. The summed E-state index contributed by atoms with van der Waals surface area (Å²) in [7, 11) is 1.57. The number of amides is 3. The average Bonchev–Trinajstić information content (AvgIpc) is 2.95. The van der Waals surface area contributed by atoms with Gasteiger partial charge < -0.3 is 15.5 Å². The van der Waals surface area contributed by atoms with Crippen molar-refractivity contribution in [3.63, 3.8) is 0 Å². The highest BCUT2D eigenvalue weighted by molar-refractivity contribution is 6.20. The van der Waals surface area contributed by atoms with Crippen molar-refractivity contribution in [1.29, 1.82) is 5.26 Å². The fourth-order valence-corrected chi connectivity index (χ4v) is 3.81. The number of para-hydroxylation sites is 1. The normalized spacial score (nSPS) is 16.9. The minimum absolute atomic E-state index is 0.205. The molecule has 0 saturated carbocycles. The number of nitrogens with zero attached hydrogens (tertiary/aromatic N) is 3. The van der Waals surface area contributed by atoms with Crippen molar-refractivity contribution < 1.29 is 14.0 Å². The van der Waals surface area contributed by atoms with Gasteiger partial charge in [0.15, 0.2) is 5.54 Å². The molecular formula is C26H22FN5O2. The van der Waals surface area contributed by atoms with Crippen LogP contribution in [-0.4, -0.2) is 30.9 Å². The molecule has 170 valence electrons. The highest BCUT2D eigenvalue weighted by atomic mass is 19.1. The fourth-order valence-electron chi connectivity index (χ4n) is 3.81. The number of aliphatic imine (C=N–C) groups is 1.